The third kappa shape index (κ3) is 3.14. The van der Waals surface area contributed by atoms with Crippen LogP contribution in [-0.4, -0.2) is 5.11 Å². The summed E-state index contributed by atoms with van der Waals surface area (Å²) in [6, 6.07) is 12.4. The van der Waals surface area contributed by atoms with Gasteiger partial charge in [0, 0.05) is 4.47 Å². The van der Waals surface area contributed by atoms with Crippen LogP contribution < -0.4 is 10.5 Å². The van der Waals surface area contributed by atoms with Crippen LogP contribution in [0.4, 0.5) is 5.69 Å². The molecule has 0 radical (unpaired) electrons. The lowest BCUT2D eigenvalue weighted by Crippen LogP contribution is -1.98. The van der Waals surface area contributed by atoms with E-state index in [4.69, 9.17) is 15.6 Å². The Labute approximate surface area is 108 Å². The summed E-state index contributed by atoms with van der Waals surface area (Å²) in [5, 5.41) is 9.15. The average Bonchev–Trinajstić information content (AvgIpc) is 2.30. The molecule has 0 atom stereocenters. The van der Waals surface area contributed by atoms with Crippen molar-refractivity contribution in [3.63, 3.8) is 0 Å². The molecule has 0 aliphatic carbocycles. The Hall–Kier alpha value is -1.68. The number of hydrogen-bond donors (Lipinski definition) is 2. The highest BCUT2D eigenvalue weighted by atomic mass is 79.9. The SMILES string of the molecule is Nc1cc(Br)ccc1OCc1ccc(O)cc1. The predicted molar refractivity (Wildman–Crippen MR) is 71.0 cm³/mol. The molecule has 0 aliphatic heterocycles. The number of anilines is 1. The van der Waals surface area contributed by atoms with Crippen LogP contribution in [0.1, 0.15) is 5.56 Å². The minimum absolute atomic E-state index is 0.247. The number of phenols is 1. The van der Waals surface area contributed by atoms with Gasteiger partial charge < -0.3 is 15.6 Å². The normalized spacial score (nSPS) is 10.2. The molecule has 0 bridgehead atoms. The van der Waals surface area contributed by atoms with E-state index in [0.717, 1.165) is 10.0 Å². The molecule has 0 saturated carbocycles. The van der Waals surface area contributed by atoms with Crippen molar-refractivity contribution < 1.29 is 9.84 Å². The van der Waals surface area contributed by atoms with Gasteiger partial charge in [-0.1, -0.05) is 28.1 Å². The fourth-order valence-corrected chi connectivity index (χ4v) is 1.78. The van der Waals surface area contributed by atoms with E-state index in [1.54, 1.807) is 18.2 Å². The number of nitrogen functional groups attached to an aromatic ring is 1. The van der Waals surface area contributed by atoms with Crippen LogP contribution in [0.15, 0.2) is 46.9 Å². The van der Waals surface area contributed by atoms with Crippen LogP contribution in [0.25, 0.3) is 0 Å². The van der Waals surface area contributed by atoms with Gasteiger partial charge in [0.05, 0.1) is 5.69 Å². The van der Waals surface area contributed by atoms with Crippen molar-refractivity contribution in [1.29, 1.82) is 0 Å². The maximum atomic E-state index is 9.15. The van der Waals surface area contributed by atoms with E-state index in [9.17, 15) is 0 Å². The lowest BCUT2D eigenvalue weighted by atomic mass is 10.2. The van der Waals surface area contributed by atoms with Gasteiger partial charge in [-0.25, -0.2) is 0 Å². The number of nitrogens with two attached hydrogens (primary N) is 1. The third-order valence-corrected chi connectivity index (χ3v) is 2.80. The van der Waals surface area contributed by atoms with Crippen molar-refractivity contribution in [2.24, 2.45) is 0 Å². The van der Waals surface area contributed by atoms with Gasteiger partial charge in [-0.2, -0.15) is 0 Å². The fraction of sp³-hybridized carbons (Fsp3) is 0.0769. The molecule has 3 N–H and O–H groups in total. The summed E-state index contributed by atoms with van der Waals surface area (Å²) in [5.74, 6) is 0.901. The molecule has 3 nitrogen and oxygen atoms in total. The Morgan fingerprint density at radius 1 is 1.12 bits per heavy atom. The molecule has 88 valence electrons. The van der Waals surface area contributed by atoms with Gasteiger partial charge in [0.25, 0.3) is 0 Å². The number of aromatic hydroxyl groups is 1. The molecule has 2 aromatic carbocycles. The lowest BCUT2D eigenvalue weighted by molar-refractivity contribution is 0.307. The molecular formula is C13H12BrNO2. The highest BCUT2D eigenvalue weighted by Crippen LogP contribution is 2.26. The van der Waals surface area contributed by atoms with Gasteiger partial charge in [0.15, 0.2) is 0 Å². The van der Waals surface area contributed by atoms with Crippen molar-refractivity contribution >= 4 is 21.6 Å². The first-order valence-corrected chi connectivity index (χ1v) is 5.90. The predicted octanol–water partition coefficient (Wildman–Crippen LogP) is 3.32. The summed E-state index contributed by atoms with van der Waals surface area (Å²) in [7, 11) is 0. The minimum atomic E-state index is 0.247. The van der Waals surface area contributed by atoms with Crippen molar-refractivity contribution in [3.8, 4) is 11.5 Å². The number of rotatable bonds is 3. The van der Waals surface area contributed by atoms with Crippen LogP contribution in [0.5, 0.6) is 11.5 Å². The second kappa shape index (κ2) is 5.10. The Balaban J connectivity index is 2.04. The summed E-state index contributed by atoms with van der Waals surface area (Å²) in [4.78, 5) is 0. The van der Waals surface area contributed by atoms with Gasteiger partial charge in [0.2, 0.25) is 0 Å². The van der Waals surface area contributed by atoms with Crippen LogP contribution in [0, 0.1) is 0 Å². The van der Waals surface area contributed by atoms with E-state index < -0.39 is 0 Å². The standard InChI is InChI=1S/C13H12BrNO2/c14-10-3-6-13(12(15)7-10)17-8-9-1-4-11(16)5-2-9/h1-7,16H,8,15H2. The smallest absolute Gasteiger partial charge is 0.142 e. The zero-order chi connectivity index (χ0) is 12.3. The maximum Gasteiger partial charge on any atom is 0.142 e. The zero-order valence-corrected chi connectivity index (χ0v) is 10.6. The van der Waals surface area contributed by atoms with Gasteiger partial charge in [-0.05, 0) is 35.9 Å². The molecule has 0 fully saturated rings. The Morgan fingerprint density at radius 3 is 2.47 bits per heavy atom. The average molecular weight is 294 g/mol. The first kappa shape index (κ1) is 11.8. The van der Waals surface area contributed by atoms with Crippen LogP contribution in [0.3, 0.4) is 0 Å². The van der Waals surface area contributed by atoms with E-state index in [1.165, 1.54) is 0 Å². The van der Waals surface area contributed by atoms with Gasteiger partial charge in [0.1, 0.15) is 18.1 Å². The third-order valence-electron chi connectivity index (χ3n) is 2.30. The molecule has 0 unspecified atom stereocenters. The summed E-state index contributed by atoms with van der Waals surface area (Å²) in [6.07, 6.45) is 0. The highest BCUT2D eigenvalue weighted by Gasteiger charge is 2.01. The number of phenolic OH excluding ortho intramolecular Hbond substituents is 1. The second-order valence-corrected chi connectivity index (χ2v) is 4.55. The molecule has 0 spiro atoms. The number of halogens is 1. The fourth-order valence-electron chi connectivity index (χ4n) is 1.40. The topological polar surface area (TPSA) is 55.5 Å². The quantitative estimate of drug-likeness (QED) is 0.854. The van der Waals surface area contributed by atoms with Crippen molar-refractivity contribution in [2.45, 2.75) is 6.61 Å². The van der Waals surface area contributed by atoms with Crippen molar-refractivity contribution in [3.05, 3.63) is 52.5 Å². The number of ether oxygens (including phenoxy) is 1. The molecule has 0 aliphatic rings. The van der Waals surface area contributed by atoms with E-state index in [1.807, 2.05) is 24.3 Å². The van der Waals surface area contributed by atoms with Crippen LogP contribution in [0.2, 0.25) is 0 Å². The van der Waals surface area contributed by atoms with Crippen molar-refractivity contribution in [2.75, 3.05) is 5.73 Å². The largest absolute Gasteiger partial charge is 0.508 e. The molecule has 0 heterocycles. The molecule has 17 heavy (non-hydrogen) atoms. The van der Waals surface area contributed by atoms with Crippen LogP contribution >= 0.6 is 15.9 Å². The summed E-state index contributed by atoms with van der Waals surface area (Å²) in [6.45, 7) is 0.423. The Morgan fingerprint density at radius 2 is 1.82 bits per heavy atom. The summed E-state index contributed by atoms with van der Waals surface area (Å²) in [5.41, 5.74) is 7.39. The van der Waals surface area contributed by atoms with Crippen LogP contribution in [-0.2, 0) is 6.61 Å². The van der Waals surface area contributed by atoms with E-state index >= 15 is 0 Å². The van der Waals surface area contributed by atoms with Gasteiger partial charge >= 0.3 is 0 Å². The minimum Gasteiger partial charge on any atom is -0.508 e. The molecule has 0 saturated heterocycles. The molecule has 2 aromatic rings. The lowest BCUT2D eigenvalue weighted by Gasteiger charge is -2.09. The highest BCUT2D eigenvalue weighted by molar-refractivity contribution is 9.10. The van der Waals surface area contributed by atoms with Gasteiger partial charge in [-0.3, -0.25) is 0 Å². The molecule has 4 heteroatoms. The van der Waals surface area contributed by atoms with E-state index in [2.05, 4.69) is 15.9 Å². The molecular weight excluding hydrogens is 282 g/mol. The van der Waals surface area contributed by atoms with Crippen molar-refractivity contribution in [1.82, 2.24) is 0 Å². The number of benzene rings is 2. The summed E-state index contributed by atoms with van der Waals surface area (Å²) >= 11 is 3.34. The van der Waals surface area contributed by atoms with E-state index in [-0.39, 0.29) is 5.75 Å². The number of hydrogen-bond acceptors (Lipinski definition) is 3. The molecule has 0 amide bonds. The maximum absolute atomic E-state index is 9.15. The molecule has 2 rings (SSSR count). The monoisotopic (exact) mass is 293 g/mol. The van der Waals surface area contributed by atoms with Gasteiger partial charge in [-0.15, -0.1) is 0 Å². The summed E-state index contributed by atoms with van der Waals surface area (Å²) < 4.78 is 6.51. The Kier molecular flexibility index (Phi) is 3.54. The first-order chi connectivity index (χ1) is 8.15. The second-order valence-electron chi connectivity index (χ2n) is 3.64. The Bertz CT molecular complexity index is 511. The zero-order valence-electron chi connectivity index (χ0n) is 9.06. The molecule has 0 aromatic heterocycles. The van der Waals surface area contributed by atoms with E-state index in [0.29, 0.717) is 18.0 Å². The first-order valence-electron chi connectivity index (χ1n) is 5.11.